The summed E-state index contributed by atoms with van der Waals surface area (Å²) in [6.07, 6.45) is 0. The third-order valence-electron chi connectivity index (χ3n) is 1.74. The molecule has 0 saturated heterocycles. The van der Waals surface area contributed by atoms with Crippen molar-refractivity contribution in [2.24, 2.45) is 0 Å². The van der Waals surface area contributed by atoms with Gasteiger partial charge < -0.3 is 10.1 Å². The Labute approximate surface area is 95.8 Å². The van der Waals surface area contributed by atoms with Crippen molar-refractivity contribution in [2.75, 3.05) is 19.7 Å². The van der Waals surface area contributed by atoms with Gasteiger partial charge in [0, 0.05) is 12.6 Å². The van der Waals surface area contributed by atoms with Crippen molar-refractivity contribution >= 4 is 15.9 Å². The number of likely N-dealkylation sites (N-methyl/N-ethyl adjacent to an activating group) is 1. The molecule has 15 heavy (non-hydrogen) atoms. The molecule has 0 radical (unpaired) electrons. The first-order valence-electron chi connectivity index (χ1n) is 4.63. The molecule has 0 unspecified atom stereocenters. The van der Waals surface area contributed by atoms with Gasteiger partial charge >= 0.3 is 0 Å². The number of rotatable bonds is 5. The van der Waals surface area contributed by atoms with Crippen LogP contribution in [0.15, 0.2) is 16.6 Å². The van der Waals surface area contributed by atoms with Gasteiger partial charge in [-0.2, -0.15) is 0 Å². The summed E-state index contributed by atoms with van der Waals surface area (Å²) in [5.41, 5.74) is 0. The van der Waals surface area contributed by atoms with Crippen LogP contribution in [0.2, 0.25) is 0 Å². The van der Waals surface area contributed by atoms with Gasteiger partial charge in [0.15, 0.2) is 11.6 Å². The first-order valence-corrected chi connectivity index (χ1v) is 5.42. The van der Waals surface area contributed by atoms with E-state index in [0.29, 0.717) is 13.2 Å². The summed E-state index contributed by atoms with van der Waals surface area (Å²) >= 11 is 3.04. The van der Waals surface area contributed by atoms with Crippen LogP contribution in [0.4, 0.5) is 8.78 Å². The molecular formula is C10H12BrF2NO. The number of halogens is 3. The molecule has 84 valence electrons. The standard InChI is InChI=1S/C10H12BrF2NO/c1-2-14-3-4-15-10-8(11)5-7(12)6-9(10)13/h5-6,14H,2-4H2,1H3. The molecular weight excluding hydrogens is 268 g/mol. The minimum Gasteiger partial charge on any atom is -0.488 e. The van der Waals surface area contributed by atoms with Crippen LogP contribution in [-0.4, -0.2) is 19.7 Å². The highest BCUT2D eigenvalue weighted by atomic mass is 79.9. The van der Waals surface area contributed by atoms with E-state index in [1.165, 1.54) is 6.07 Å². The molecule has 0 aromatic heterocycles. The third-order valence-corrected chi connectivity index (χ3v) is 2.33. The molecule has 5 heteroatoms. The van der Waals surface area contributed by atoms with E-state index in [-0.39, 0.29) is 10.2 Å². The fourth-order valence-corrected chi connectivity index (χ4v) is 1.59. The maximum absolute atomic E-state index is 13.2. The average Bonchev–Trinajstić information content (AvgIpc) is 2.15. The van der Waals surface area contributed by atoms with Crippen LogP contribution in [0.5, 0.6) is 5.75 Å². The highest BCUT2D eigenvalue weighted by molar-refractivity contribution is 9.10. The van der Waals surface area contributed by atoms with E-state index in [2.05, 4.69) is 21.2 Å². The molecule has 1 N–H and O–H groups in total. The lowest BCUT2D eigenvalue weighted by Gasteiger charge is -2.09. The van der Waals surface area contributed by atoms with Crippen molar-refractivity contribution in [2.45, 2.75) is 6.92 Å². The summed E-state index contributed by atoms with van der Waals surface area (Å²) in [7, 11) is 0. The quantitative estimate of drug-likeness (QED) is 0.837. The van der Waals surface area contributed by atoms with Crippen molar-refractivity contribution in [3.05, 3.63) is 28.2 Å². The Morgan fingerprint density at radius 2 is 2.13 bits per heavy atom. The zero-order valence-corrected chi connectivity index (χ0v) is 9.90. The van der Waals surface area contributed by atoms with Crippen LogP contribution >= 0.6 is 15.9 Å². The van der Waals surface area contributed by atoms with Gasteiger partial charge in [-0.15, -0.1) is 0 Å². The van der Waals surface area contributed by atoms with Gasteiger partial charge in [-0.1, -0.05) is 6.92 Å². The number of hydrogen-bond donors (Lipinski definition) is 1. The fourth-order valence-electron chi connectivity index (χ4n) is 1.07. The molecule has 0 heterocycles. The normalized spacial score (nSPS) is 10.4. The topological polar surface area (TPSA) is 21.3 Å². The number of hydrogen-bond acceptors (Lipinski definition) is 2. The van der Waals surface area contributed by atoms with Crippen LogP contribution < -0.4 is 10.1 Å². The molecule has 1 aromatic carbocycles. The highest BCUT2D eigenvalue weighted by Crippen LogP contribution is 2.28. The molecule has 0 aliphatic carbocycles. The van der Waals surface area contributed by atoms with Gasteiger partial charge in [0.1, 0.15) is 12.4 Å². The fraction of sp³-hybridized carbons (Fsp3) is 0.400. The second-order valence-corrected chi connectivity index (χ2v) is 3.75. The molecule has 0 fully saturated rings. The van der Waals surface area contributed by atoms with Gasteiger partial charge in [0.05, 0.1) is 4.47 Å². The largest absolute Gasteiger partial charge is 0.488 e. The minimum atomic E-state index is -0.696. The predicted molar refractivity (Wildman–Crippen MR) is 58.1 cm³/mol. The Bertz CT molecular complexity index is 310. The van der Waals surface area contributed by atoms with E-state index in [4.69, 9.17) is 4.74 Å². The van der Waals surface area contributed by atoms with Crippen LogP contribution in [0.25, 0.3) is 0 Å². The van der Waals surface area contributed by atoms with E-state index in [1.807, 2.05) is 6.92 Å². The molecule has 1 aromatic rings. The molecule has 0 bridgehead atoms. The second kappa shape index (κ2) is 6.02. The Balaban J connectivity index is 2.60. The molecule has 1 rings (SSSR count). The Morgan fingerprint density at radius 3 is 2.73 bits per heavy atom. The molecule has 0 spiro atoms. The lowest BCUT2D eigenvalue weighted by Crippen LogP contribution is -2.20. The van der Waals surface area contributed by atoms with Gasteiger partial charge in [0.25, 0.3) is 0 Å². The van der Waals surface area contributed by atoms with Crippen molar-refractivity contribution in [3.8, 4) is 5.75 Å². The summed E-state index contributed by atoms with van der Waals surface area (Å²) in [6, 6.07) is 1.97. The lowest BCUT2D eigenvalue weighted by atomic mass is 10.3. The SMILES string of the molecule is CCNCCOc1c(F)cc(F)cc1Br. The van der Waals surface area contributed by atoms with E-state index < -0.39 is 11.6 Å². The Morgan fingerprint density at radius 1 is 1.40 bits per heavy atom. The number of nitrogens with one attached hydrogen (secondary N) is 1. The Hall–Kier alpha value is -0.680. The van der Waals surface area contributed by atoms with Gasteiger partial charge in [-0.05, 0) is 28.5 Å². The average molecular weight is 280 g/mol. The summed E-state index contributed by atoms with van der Waals surface area (Å²) in [6.45, 7) is 3.76. The molecule has 0 aliphatic rings. The first kappa shape index (κ1) is 12.4. The van der Waals surface area contributed by atoms with Crippen LogP contribution in [0.1, 0.15) is 6.92 Å². The second-order valence-electron chi connectivity index (χ2n) is 2.90. The maximum atomic E-state index is 13.2. The minimum absolute atomic E-state index is 0.0503. The van der Waals surface area contributed by atoms with Crippen LogP contribution in [0, 0.1) is 11.6 Å². The van der Waals surface area contributed by atoms with Crippen molar-refractivity contribution < 1.29 is 13.5 Å². The Kier molecular flexibility index (Phi) is 4.98. The molecule has 0 amide bonds. The summed E-state index contributed by atoms with van der Waals surface area (Å²) in [5.74, 6) is -1.27. The van der Waals surface area contributed by atoms with Crippen molar-refractivity contribution in [3.63, 3.8) is 0 Å². The number of ether oxygens (including phenoxy) is 1. The predicted octanol–water partition coefficient (Wildman–Crippen LogP) is 2.72. The van der Waals surface area contributed by atoms with E-state index >= 15 is 0 Å². The zero-order chi connectivity index (χ0) is 11.3. The number of benzene rings is 1. The van der Waals surface area contributed by atoms with Crippen molar-refractivity contribution in [1.29, 1.82) is 0 Å². The molecule has 0 atom stereocenters. The van der Waals surface area contributed by atoms with E-state index in [0.717, 1.165) is 12.6 Å². The van der Waals surface area contributed by atoms with Crippen molar-refractivity contribution in [1.82, 2.24) is 5.32 Å². The molecule has 0 saturated carbocycles. The van der Waals surface area contributed by atoms with Crippen LogP contribution in [-0.2, 0) is 0 Å². The van der Waals surface area contributed by atoms with Gasteiger partial charge in [-0.25, -0.2) is 8.78 Å². The first-order chi connectivity index (χ1) is 7.15. The van der Waals surface area contributed by atoms with Crippen LogP contribution in [0.3, 0.4) is 0 Å². The molecule has 2 nitrogen and oxygen atoms in total. The summed E-state index contributed by atoms with van der Waals surface area (Å²) in [5, 5.41) is 3.03. The summed E-state index contributed by atoms with van der Waals surface area (Å²) < 4.78 is 31.4. The zero-order valence-electron chi connectivity index (χ0n) is 8.32. The van der Waals surface area contributed by atoms with Gasteiger partial charge in [0.2, 0.25) is 0 Å². The third kappa shape index (κ3) is 3.76. The van der Waals surface area contributed by atoms with E-state index in [9.17, 15) is 8.78 Å². The smallest absolute Gasteiger partial charge is 0.169 e. The summed E-state index contributed by atoms with van der Waals surface area (Å²) in [4.78, 5) is 0. The molecule has 0 aliphatic heterocycles. The van der Waals surface area contributed by atoms with Gasteiger partial charge in [-0.3, -0.25) is 0 Å². The van der Waals surface area contributed by atoms with E-state index in [1.54, 1.807) is 0 Å². The highest BCUT2D eigenvalue weighted by Gasteiger charge is 2.10. The maximum Gasteiger partial charge on any atom is 0.169 e. The lowest BCUT2D eigenvalue weighted by molar-refractivity contribution is 0.297. The monoisotopic (exact) mass is 279 g/mol.